The Labute approximate surface area is 163 Å². The van der Waals surface area contributed by atoms with Crippen molar-refractivity contribution in [3.63, 3.8) is 0 Å². The molecular formula is C19H12ClFN4O3. The van der Waals surface area contributed by atoms with Crippen LogP contribution >= 0.6 is 11.6 Å². The summed E-state index contributed by atoms with van der Waals surface area (Å²) in [7, 11) is 0. The number of carbonyl (C=O) groups is 1. The molecule has 2 N–H and O–H groups in total. The molecule has 0 aliphatic heterocycles. The van der Waals surface area contributed by atoms with E-state index in [9.17, 15) is 14.3 Å². The number of nitrogens with zero attached hydrogens (tertiary/aromatic N) is 3. The van der Waals surface area contributed by atoms with Crippen molar-refractivity contribution < 1.29 is 19.0 Å². The number of carbonyl (C=O) groups excluding carboxylic acids is 1. The van der Waals surface area contributed by atoms with Gasteiger partial charge in [0.2, 0.25) is 5.78 Å². The number of nitrogens with one attached hydrogen (secondary N) is 1. The predicted octanol–water partition coefficient (Wildman–Crippen LogP) is 4.27. The highest BCUT2D eigenvalue weighted by atomic mass is 35.5. The molecule has 2 aromatic carbocycles. The third-order valence-corrected chi connectivity index (χ3v) is 4.07. The lowest BCUT2D eigenvalue weighted by molar-refractivity contribution is 0.101. The van der Waals surface area contributed by atoms with Crippen molar-refractivity contribution in [2.24, 2.45) is 0 Å². The van der Waals surface area contributed by atoms with Gasteiger partial charge in [0.25, 0.3) is 11.8 Å². The van der Waals surface area contributed by atoms with Crippen LogP contribution in [0.5, 0.6) is 17.5 Å². The van der Waals surface area contributed by atoms with Gasteiger partial charge in [-0.3, -0.25) is 4.79 Å². The average molecular weight is 399 g/mol. The van der Waals surface area contributed by atoms with Gasteiger partial charge in [0, 0.05) is 23.0 Å². The Hall–Kier alpha value is -3.65. The van der Waals surface area contributed by atoms with Gasteiger partial charge in [-0.2, -0.15) is 4.98 Å². The van der Waals surface area contributed by atoms with Crippen molar-refractivity contribution in [3.05, 3.63) is 77.3 Å². The molecule has 0 bridgehead atoms. The number of aromatic hydroxyl groups is 1. The standard InChI is InChI=1S/C19H12ClFN4O3/c20-11-1-5-13(6-2-11)23-17(27)16-18(28-14-7-3-12(21)4-8-14)24-19-22-10-9-15(26)25(16)19/h1-10,26H,(H,23,27). The van der Waals surface area contributed by atoms with Gasteiger partial charge >= 0.3 is 0 Å². The van der Waals surface area contributed by atoms with Gasteiger partial charge in [0.1, 0.15) is 11.6 Å². The van der Waals surface area contributed by atoms with Crippen LogP contribution in [0.3, 0.4) is 0 Å². The monoisotopic (exact) mass is 398 g/mol. The Morgan fingerprint density at radius 2 is 1.82 bits per heavy atom. The summed E-state index contributed by atoms with van der Waals surface area (Å²) in [6.07, 6.45) is 1.35. The second-order valence-corrected chi connectivity index (χ2v) is 6.16. The fourth-order valence-electron chi connectivity index (χ4n) is 2.55. The van der Waals surface area contributed by atoms with Crippen LogP contribution in [0.2, 0.25) is 5.02 Å². The SMILES string of the molecule is O=C(Nc1ccc(Cl)cc1)c1c(Oc2ccc(F)cc2)nc2nccc(O)n12. The van der Waals surface area contributed by atoms with Crippen LogP contribution in [0, 0.1) is 5.82 Å². The molecule has 0 aliphatic rings. The first-order chi connectivity index (χ1) is 13.5. The van der Waals surface area contributed by atoms with E-state index in [1.54, 1.807) is 24.3 Å². The molecule has 0 atom stereocenters. The lowest BCUT2D eigenvalue weighted by atomic mass is 10.3. The lowest BCUT2D eigenvalue weighted by Crippen LogP contribution is -2.15. The molecule has 4 rings (SSSR count). The van der Waals surface area contributed by atoms with Crippen LogP contribution in [0.4, 0.5) is 10.1 Å². The van der Waals surface area contributed by atoms with Crippen LogP contribution in [0.1, 0.15) is 10.5 Å². The largest absolute Gasteiger partial charge is 0.494 e. The number of imidazole rings is 1. The maximum absolute atomic E-state index is 13.1. The summed E-state index contributed by atoms with van der Waals surface area (Å²) in [5.41, 5.74) is 0.417. The zero-order valence-electron chi connectivity index (χ0n) is 14.1. The first-order valence-electron chi connectivity index (χ1n) is 8.08. The topological polar surface area (TPSA) is 88.8 Å². The van der Waals surface area contributed by atoms with E-state index in [-0.39, 0.29) is 29.0 Å². The van der Waals surface area contributed by atoms with Gasteiger partial charge in [-0.25, -0.2) is 13.8 Å². The Bertz CT molecular complexity index is 1160. The van der Waals surface area contributed by atoms with E-state index in [1.807, 2.05) is 0 Å². The van der Waals surface area contributed by atoms with Crippen molar-refractivity contribution in [2.45, 2.75) is 0 Å². The number of benzene rings is 2. The summed E-state index contributed by atoms with van der Waals surface area (Å²) in [4.78, 5) is 21.1. The molecule has 2 aromatic heterocycles. The molecular weight excluding hydrogens is 387 g/mol. The van der Waals surface area contributed by atoms with Crippen LogP contribution in [-0.4, -0.2) is 25.4 Å². The van der Waals surface area contributed by atoms with Crippen molar-refractivity contribution in [1.29, 1.82) is 0 Å². The molecule has 9 heteroatoms. The minimum absolute atomic E-state index is 0.0679. The zero-order valence-corrected chi connectivity index (χ0v) is 14.9. The second-order valence-electron chi connectivity index (χ2n) is 5.72. The normalized spacial score (nSPS) is 10.8. The number of ether oxygens (including phenoxy) is 1. The molecule has 0 fully saturated rings. The van der Waals surface area contributed by atoms with Gasteiger partial charge in [-0.05, 0) is 48.5 Å². The maximum atomic E-state index is 13.1. The Balaban J connectivity index is 1.76. The van der Waals surface area contributed by atoms with E-state index in [0.717, 1.165) is 4.40 Å². The number of fused-ring (bicyclic) bond motifs is 1. The summed E-state index contributed by atoms with van der Waals surface area (Å²) in [5.74, 6) is -1.01. The number of amides is 1. The number of rotatable bonds is 4. The number of hydrogen-bond donors (Lipinski definition) is 2. The van der Waals surface area contributed by atoms with Crippen molar-refractivity contribution >= 4 is 29.0 Å². The average Bonchev–Trinajstić information content (AvgIpc) is 3.05. The highest BCUT2D eigenvalue weighted by Crippen LogP contribution is 2.29. The molecule has 0 spiro atoms. The molecule has 0 saturated heterocycles. The minimum atomic E-state index is -0.588. The summed E-state index contributed by atoms with van der Waals surface area (Å²) in [5, 5.41) is 13.4. The van der Waals surface area contributed by atoms with E-state index < -0.39 is 11.7 Å². The van der Waals surface area contributed by atoms with E-state index in [4.69, 9.17) is 16.3 Å². The third-order valence-electron chi connectivity index (χ3n) is 3.82. The molecule has 0 radical (unpaired) electrons. The quantitative estimate of drug-likeness (QED) is 0.536. The Kier molecular flexibility index (Phi) is 4.54. The first kappa shape index (κ1) is 17.7. The van der Waals surface area contributed by atoms with Crippen LogP contribution < -0.4 is 10.1 Å². The molecule has 0 aliphatic carbocycles. The molecule has 28 heavy (non-hydrogen) atoms. The van der Waals surface area contributed by atoms with Crippen LogP contribution in [0.25, 0.3) is 5.78 Å². The van der Waals surface area contributed by atoms with E-state index >= 15 is 0 Å². The smallest absolute Gasteiger partial charge is 0.278 e. The van der Waals surface area contributed by atoms with Crippen molar-refractivity contribution in [2.75, 3.05) is 5.32 Å². The summed E-state index contributed by atoms with van der Waals surface area (Å²) in [6, 6.07) is 13.0. The van der Waals surface area contributed by atoms with Gasteiger partial charge in [0.15, 0.2) is 11.6 Å². The second kappa shape index (κ2) is 7.16. The summed E-state index contributed by atoms with van der Waals surface area (Å²) >= 11 is 5.86. The van der Waals surface area contributed by atoms with E-state index in [2.05, 4.69) is 15.3 Å². The zero-order chi connectivity index (χ0) is 19.7. The van der Waals surface area contributed by atoms with Crippen molar-refractivity contribution in [3.8, 4) is 17.5 Å². The summed E-state index contributed by atoms with van der Waals surface area (Å²) < 4.78 is 19.9. The first-order valence-corrected chi connectivity index (χ1v) is 8.46. The minimum Gasteiger partial charge on any atom is -0.494 e. The molecule has 1 amide bonds. The fourth-order valence-corrected chi connectivity index (χ4v) is 2.67. The van der Waals surface area contributed by atoms with Gasteiger partial charge in [-0.1, -0.05) is 11.6 Å². The highest BCUT2D eigenvalue weighted by molar-refractivity contribution is 6.30. The van der Waals surface area contributed by atoms with Crippen LogP contribution in [-0.2, 0) is 0 Å². The predicted molar refractivity (Wildman–Crippen MR) is 101 cm³/mol. The number of anilines is 1. The Morgan fingerprint density at radius 1 is 1.11 bits per heavy atom. The number of aromatic nitrogens is 3. The van der Waals surface area contributed by atoms with Gasteiger partial charge < -0.3 is 15.2 Å². The Morgan fingerprint density at radius 3 is 2.54 bits per heavy atom. The molecule has 0 unspecified atom stereocenters. The van der Waals surface area contributed by atoms with Crippen molar-refractivity contribution in [1.82, 2.24) is 14.4 Å². The number of halogens is 2. The summed E-state index contributed by atoms with van der Waals surface area (Å²) in [6.45, 7) is 0. The molecule has 140 valence electrons. The molecule has 4 aromatic rings. The fraction of sp³-hybridized carbons (Fsp3) is 0. The molecule has 2 heterocycles. The molecule has 7 nitrogen and oxygen atoms in total. The third kappa shape index (κ3) is 3.45. The lowest BCUT2D eigenvalue weighted by Gasteiger charge is -2.08. The van der Waals surface area contributed by atoms with E-state index in [0.29, 0.717) is 10.7 Å². The molecule has 0 saturated carbocycles. The van der Waals surface area contributed by atoms with Crippen LogP contribution in [0.15, 0.2) is 60.8 Å². The highest BCUT2D eigenvalue weighted by Gasteiger charge is 2.24. The maximum Gasteiger partial charge on any atom is 0.278 e. The van der Waals surface area contributed by atoms with Gasteiger partial charge in [-0.15, -0.1) is 0 Å². The number of hydrogen-bond acceptors (Lipinski definition) is 5. The van der Waals surface area contributed by atoms with Gasteiger partial charge in [0.05, 0.1) is 0 Å². The van der Waals surface area contributed by atoms with E-state index in [1.165, 1.54) is 36.5 Å².